The second-order valence-electron chi connectivity index (χ2n) is 7.77. The minimum absolute atomic E-state index is 0.248. The van der Waals surface area contributed by atoms with Gasteiger partial charge in [-0.1, -0.05) is 23.8 Å². The van der Waals surface area contributed by atoms with E-state index in [1.807, 2.05) is 13.0 Å². The third-order valence-electron chi connectivity index (χ3n) is 3.54. The van der Waals surface area contributed by atoms with Crippen LogP contribution in [0.4, 0.5) is 4.79 Å². The SMILES string of the molecule is C/C=C\C=C(/C)CC(NC(=O)CNC(=O)CNC(=O)OC(C)(C)C)C(O)NCC(=O)O. The summed E-state index contributed by atoms with van der Waals surface area (Å²) < 4.78 is 5.00. The van der Waals surface area contributed by atoms with Crippen molar-refractivity contribution in [3.63, 3.8) is 0 Å². The highest BCUT2D eigenvalue weighted by atomic mass is 16.6. The van der Waals surface area contributed by atoms with Gasteiger partial charge in [-0.15, -0.1) is 0 Å². The van der Waals surface area contributed by atoms with Gasteiger partial charge in [0, 0.05) is 0 Å². The molecule has 0 bridgehead atoms. The second-order valence-corrected chi connectivity index (χ2v) is 7.77. The summed E-state index contributed by atoms with van der Waals surface area (Å²) in [7, 11) is 0. The van der Waals surface area contributed by atoms with E-state index in [0.29, 0.717) is 0 Å². The standard InChI is InChI=1S/C20H34N4O7/c1-6-7-8-13(2)9-14(18(29)22-12-17(27)28)24-16(26)11-21-15(25)10-23-19(30)31-20(3,4)5/h6-8,14,18,22,29H,9-12H2,1-5H3,(H,21,25)(H,23,30)(H,24,26)(H,27,28)/b7-6-,13-8+. The largest absolute Gasteiger partial charge is 0.480 e. The van der Waals surface area contributed by atoms with Crippen molar-refractivity contribution in [2.75, 3.05) is 19.6 Å². The predicted octanol–water partition coefficient (Wildman–Crippen LogP) is 0.0172. The average Bonchev–Trinajstić information content (AvgIpc) is 2.65. The fourth-order valence-corrected chi connectivity index (χ4v) is 2.22. The van der Waals surface area contributed by atoms with Gasteiger partial charge in [-0.3, -0.25) is 19.7 Å². The van der Waals surface area contributed by atoms with Crippen LogP contribution in [0.5, 0.6) is 0 Å². The molecule has 2 atom stereocenters. The van der Waals surface area contributed by atoms with Gasteiger partial charge in [-0.25, -0.2) is 4.79 Å². The number of hydrogen-bond donors (Lipinski definition) is 6. The summed E-state index contributed by atoms with van der Waals surface area (Å²) >= 11 is 0. The van der Waals surface area contributed by atoms with Crippen LogP contribution in [-0.2, 0) is 19.1 Å². The first-order chi connectivity index (χ1) is 14.3. The first kappa shape index (κ1) is 28.1. The fraction of sp³-hybridized carbons (Fsp3) is 0.600. The Kier molecular flexibility index (Phi) is 12.8. The van der Waals surface area contributed by atoms with Crippen molar-refractivity contribution in [1.29, 1.82) is 0 Å². The topological polar surface area (TPSA) is 166 Å². The molecule has 2 unspecified atom stereocenters. The minimum Gasteiger partial charge on any atom is -0.480 e. The molecule has 11 nitrogen and oxygen atoms in total. The van der Waals surface area contributed by atoms with Crippen molar-refractivity contribution in [3.05, 3.63) is 23.8 Å². The second kappa shape index (κ2) is 14.1. The van der Waals surface area contributed by atoms with Crippen LogP contribution in [0.2, 0.25) is 0 Å². The maximum Gasteiger partial charge on any atom is 0.408 e. The van der Waals surface area contributed by atoms with Crippen molar-refractivity contribution in [1.82, 2.24) is 21.3 Å². The number of allylic oxidation sites excluding steroid dienone is 3. The lowest BCUT2D eigenvalue weighted by molar-refractivity contribution is -0.136. The molecule has 0 aliphatic heterocycles. The molecule has 0 aliphatic carbocycles. The van der Waals surface area contributed by atoms with Gasteiger partial charge in [0.1, 0.15) is 18.4 Å². The molecule has 176 valence electrons. The number of hydrogen-bond acceptors (Lipinski definition) is 7. The molecule has 0 saturated heterocycles. The molecule has 0 radical (unpaired) electrons. The van der Waals surface area contributed by atoms with Crippen LogP contribution >= 0.6 is 0 Å². The van der Waals surface area contributed by atoms with Gasteiger partial charge in [0.15, 0.2) is 0 Å². The van der Waals surface area contributed by atoms with E-state index in [1.165, 1.54) is 0 Å². The van der Waals surface area contributed by atoms with Gasteiger partial charge in [0.2, 0.25) is 11.8 Å². The van der Waals surface area contributed by atoms with E-state index in [9.17, 15) is 24.3 Å². The Morgan fingerprint density at radius 1 is 1.03 bits per heavy atom. The molecular weight excluding hydrogens is 408 g/mol. The number of carboxylic acids is 1. The highest BCUT2D eigenvalue weighted by Gasteiger charge is 2.22. The number of rotatable bonds is 12. The molecule has 6 N–H and O–H groups in total. The Morgan fingerprint density at radius 3 is 2.19 bits per heavy atom. The van der Waals surface area contributed by atoms with Gasteiger partial charge in [0.25, 0.3) is 0 Å². The molecule has 0 aromatic rings. The molecule has 0 aliphatic rings. The van der Waals surface area contributed by atoms with E-state index in [1.54, 1.807) is 39.8 Å². The molecule has 0 saturated carbocycles. The number of aliphatic carboxylic acids is 1. The number of alkyl carbamates (subject to hydrolysis) is 1. The smallest absolute Gasteiger partial charge is 0.408 e. The lowest BCUT2D eigenvalue weighted by Crippen LogP contribution is -2.53. The minimum atomic E-state index is -1.32. The Balaban J connectivity index is 4.70. The number of ether oxygens (including phenoxy) is 1. The van der Waals surface area contributed by atoms with Crippen molar-refractivity contribution in [2.45, 2.75) is 58.9 Å². The van der Waals surface area contributed by atoms with Crippen LogP contribution in [0.3, 0.4) is 0 Å². The van der Waals surface area contributed by atoms with E-state index >= 15 is 0 Å². The Hall–Kier alpha value is -2.92. The first-order valence-electron chi connectivity index (χ1n) is 9.78. The van der Waals surface area contributed by atoms with Gasteiger partial charge >= 0.3 is 12.1 Å². The molecule has 0 fully saturated rings. The summed E-state index contributed by atoms with van der Waals surface area (Å²) in [5.74, 6) is -2.35. The molecule has 0 heterocycles. The van der Waals surface area contributed by atoms with Crippen LogP contribution < -0.4 is 21.3 Å². The molecule has 31 heavy (non-hydrogen) atoms. The number of aliphatic hydroxyl groups is 1. The normalized spacial score (nSPS) is 13.9. The molecule has 0 aromatic carbocycles. The van der Waals surface area contributed by atoms with Crippen molar-refractivity contribution in [2.24, 2.45) is 0 Å². The van der Waals surface area contributed by atoms with Crippen molar-refractivity contribution in [3.8, 4) is 0 Å². The van der Waals surface area contributed by atoms with E-state index in [-0.39, 0.29) is 13.0 Å². The zero-order valence-corrected chi connectivity index (χ0v) is 18.7. The molecule has 11 heteroatoms. The number of carbonyl (C=O) groups is 4. The summed E-state index contributed by atoms with van der Waals surface area (Å²) in [6.07, 6.45) is 3.58. The van der Waals surface area contributed by atoms with Crippen LogP contribution in [0.1, 0.15) is 41.0 Å². The lowest BCUT2D eigenvalue weighted by Gasteiger charge is -2.25. The average molecular weight is 443 g/mol. The van der Waals surface area contributed by atoms with Crippen molar-refractivity contribution >= 4 is 23.9 Å². The number of carbonyl (C=O) groups excluding carboxylic acids is 3. The van der Waals surface area contributed by atoms with Gasteiger partial charge < -0.3 is 30.9 Å². The number of aliphatic hydroxyl groups excluding tert-OH is 1. The molecule has 0 aromatic heterocycles. The zero-order chi connectivity index (χ0) is 24.0. The first-order valence-corrected chi connectivity index (χ1v) is 9.78. The third kappa shape index (κ3) is 15.6. The lowest BCUT2D eigenvalue weighted by atomic mass is 10.1. The van der Waals surface area contributed by atoms with Gasteiger partial charge in [-0.05, 0) is 41.0 Å². The van der Waals surface area contributed by atoms with Gasteiger partial charge in [0.05, 0.1) is 19.1 Å². The highest BCUT2D eigenvalue weighted by molar-refractivity contribution is 5.87. The maximum atomic E-state index is 12.2. The van der Waals surface area contributed by atoms with Crippen molar-refractivity contribution < 1.29 is 34.1 Å². The van der Waals surface area contributed by atoms with E-state index in [4.69, 9.17) is 9.84 Å². The fourth-order valence-electron chi connectivity index (χ4n) is 2.22. The molecule has 0 spiro atoms. The summed E-state index contributed by atoms with van der Waals surface area (Å²) in [4.78, 5) is 46.2. The van der Waals surface area contributed by atoms with E-state index in [0.717, 1.165) is 5.57 Å². The van der Waals surface area contributed by atoms with Crippen LogP contribution in [0, 0.1) is 0 Å². The van der Waals surface area contributed by atoms with Crippen LogP contribution in [-0.4, -0.2) is 71.6 Å². The molecular formula is C20H34N4O7. The third-order valence-corrected chi connectivity index (χ3v) is 3.54. The molecule has 0 rings (SSSR count). The van der Waals surface area contributed by atoms with Gasteiger partial charge in [-0.2, -0.15) is 0 Å². The Bertz CT molecular complexity index is 684. The Morgan fingerprint density at radius 2 is 1.65 bits per heavy atom. The van der Waals surface area contributed by atoms with Crippen LogP contribution in [0.25, 0.3) is 0 Å². The number of amides is 3. The maximum absolute atomic E-state index is 12.2. The highest BCUT2D eigenvalue weighted by Crippen LogP contribution is 2.08. The summed E-state index contributed by atoms with van der Waals surface area (Å²) in [6, 6.07) is -0.829. The predicted molar refractivity (Wildman–Crippen MR) is 114 cm³/mol. The van der Waals surface area contributed by atoms with Crippen LogP contribution in [0.15, 0.2) is 23.8 Å². The zero-order valence-electron chi connectivity index (χ0n) is 18.7. The number of carboxylic acid groups (broad SMARTS) is 1. The monoisotopic (exact) mass is 442 g/mol. The summed E-state index contributed by atoms with van der Waals surface area (Å²) in [5, 5.41) is 28.6. The van der Waals surface area contributed by atoms with E-state index in [2.05, 4.69) is 21.3 Å². The number of nitrogens with one attached hydrogen (secondary N) is 4. The molecule has 3 amide bonds. The Labute approximate surface area is 182 Å². The summed E-state index contributed by atoms with van der Waals surface area (Å²) in [6.45, 7) is 7.43. The quantitative estimate of drug-likeness (QED) is 0.182. The van der Waals surface area contributed by atoms with E-state index < -0.39 is 54.8 Å². The summed E-state index contributed by atoms with van der Waals surface area (Å²) in [5.41, 5.74) is 0.134.